The maximum Gasteiger partial charge on any atom is 0.267 e. The van der Waals surface area contributed by atoms with Crippen molar-refractivity contribution in [1.29, 1.82) is 0 Å². The van der Waals surface area contributed by atoms with Gasteiger partial charge in [-0.05, 0) is 31.5 Å². The molecule has 3 rings (SSSR count). The van der Waals surface area contributed by atoms with E-state index in [0.29, 0.717) is 6.04 Å². The van der Waals surface area contributed by atoms with E-state index in [4.69, 9.17) is 0 Å². The zero-order chi connectivity index (χ0) is 16.4. The van der Waals surface area contributed by atoms with E-state index in [9.17, 15) is 4.79 Å². The SMILES string of the molecule is CNC(=O)c1ccc(C2CCCCN2Cc2cnn(C)c2)n1C. The first-order chi connectivity index (χ1) is 11.1. The Balaban J connectivity index is 1.84. The fourth-order valence-corrected chi connectivity index (χ4v) is 3.52. The predicted octanol–water partition coefficient (Wildman–Crippen LogP) is 1.85. The normalized spacial score (nSPS) is 19.0. The summed E-state index contributed by atoms with van der Waals surface area (Å²) in [7, 11) is 5.60. The lowest BCUT2D eigenvalue weighted by molar-refractivity contribution is 0.0952. The Morgan fingerprint density at radius 3 is 2.87 bits per heavy atom. The van der Waals surface area contributed by atoms with Crippen molar-refractivity contribution in [3.05, 3.63) is 41.5 Å². The number of rotatable bonds is 4. The highest BCUT2D eigenvalue weighted by Crippen LogP contribution is 2.32. The maximum absolute atomic E-state index is 11.9. The molecular weight excluding hydrogens is 290 g/mol. The van der Waals surface area contributed by atoms with E-state index in [-0.39, 0.29) is 5.91 Å². The van der Waals surface area contributed by atoms with Crippen LogP contribution in [0, 0.1) is 0 Å². The molecule has 1 amide bonds. The lowest BCUT2D eigenvalue weighted by Gasteiger charge is -2.36. The van der Waals surface area contributed by atoms with Crippen molar-refractivity contribution >= 4 is 5.91 Å². The van der Waals surface area contributed by atoms with E-state index in [1.54, 1.807) is 7.05 Å². The van der Waals surface area contributed by atoms with Crippen molar-refractivity contribution < 1.29 is 4.79 Å². The number of aryl methyl sites for hydroxylation is 1. The van der Waals surface area contributed by atoms with Gasteiger partial charge in [-0.15, -0.1) is 0 Å². The first-order valence-corrected chi connectivity index (χ1v) is 8.19. The average molecular weight is 315 g/mol. The number of aromatic nitrogens is 3. The largest absolute Gasteiger partial charge is 0.354 e. The summed E-state index contributed by atoms with van der Waals surface area (Å²) in [4.78, 5) is 14.5. The Kier molecular flexibility index (Phi) is 4.52. The van der Waals surface area contributed by atoms with Crippen LogP contribution in [0.5, 0.6) is 0 Å². The molecule has 1 fully saturated rings. The van der Waals surface area contributed by atoms with Gasteiger partial charge < -0.3 is 9.88 Å². The minimum Gasteiger partial charge on any atom is -0.354 e. The molecule has 0 saturated carbocycles. The molecule has 0 bridgehead atoms. The van der Waals surface area contributed by atoms with Gasteiger partial charge in [-0.2, -0.15) is 5.10 Å². The fourth-order valence-electron chi connectivity index (χ4n) is 3.52. The van der Waals surface area contributed by atoms with Crippen molar-refractivity contribution in [2.24, 2.45) is 14.1 Å². The number of hydrogen-bond donors (Lipinski definition) is 1. The Labute approximate surface area is 137 Å². The third-order valence-corrected chi connectivity index (χ3v) is 4.72. The van der Waals surface area contributed by atoms with Gasteiger partial charge in [-0.1, -0.05) is 6.42 Å². The molecule has 0 aromatic carbocycles. The highest BCUT2D eigenvalue weighted by Gasteiger charge is 2.27. The van der Waals surface area contributed by atoms with Crippen molar-refractivity contribution in [3.63, 3.8) is 0 Å². The summed E-state index contributed by atoms with van der Waals surface area (Å²) in [6, 6.07) is 4.37. The molecule has 1 atom stereocenters. The molecule has 6 nitrogen and oxygen atoms in total. The number of carbonyl (C=O) groups excluding carboxylic acids is 1. The smallest absolute Gasteiger partial charge is 0.267 e. The first-order valence-electron chi connectivity index (χ1n) is 8.19. The fraction of sp³-hybridized carbons (Fsp3) is 0.529. The van der Waals surface area contributed by atoms with E-state index in [1.807, 2.05) is 35.6 Å². The lowest BCUT2D eigenvalue weighted by atomic mass is 9.99. The van der Waals surface area contributed by atoms with Crippen LogP contribution < -0.4 is 5.32 Å². The van der Waals surface area contributed by atoms with Crippen molar-refractivity contribution in [2.75, 3.05) is 13.6 Å². The molecule has 124 valence electrons. The van der Waals surface area contributed by atoms with Crippen LogP contribution in [-0.2, 0) is 20.6 Å². The second kappa shape index (κ2) is 6.58. The molecule has 1 unspecified atom stereocenters. The van der Waals surface area contributed by atoms with Crippen LogP contribution >= 0.6 is 0 Å². The minimum absolute atomic E-state index is 0.0339. The zero-order valence-electron chi connectivity index (χ0n) is 14.1. The number of nitrogens with one attached hydrogen (secondary N) is 1. The van der Waals surface area contributed by atoms with Gasteiger partial charge in [0.15, 0.2) is 0 Å². The van der Waals surface area contributed by atoms with Gasteiger partial charge in [-0.3, -0.25) is 14.4 Å². The summed E-state index contributed by atoms with van der Waals surface area (Å²) in [6.07, 6.45) is 7.60. The Hall–Kier alpha value is -2.08. The van der Waals surface area contributed by atoms with Gasteiger partial charge in [0.2, 0.25) is 0 Å². The van der Waals surface area contributed by atoms with E-state index in [2.05, 4.69) is 27.6 Å². The van der Waals surface area contributed by atoms with Crippen LogP contribution in [0.15, 0.2) is 24.5 Å². The van der Waals surface area contributed by atoms with E-state index >= 15 is 0 Å². The standard InChI is InChI=1S/C17H25N5O/c1-18-17(23)16-8-7-14(21(16)3)15-6-4-5-9-22(15)12-13-10-19-20(2)11-13/h7-8,10-11,15H,4-6,9,12H2,1-3H3,(H,18,23). The molecule has 0 radical (unpaired) electrons. The summed E-state index contributed by atoms with van der Waals surface area (Å²) < 4.78 is 3.88. The average Bonchev–Trinajstić information content (AvgIpc) is 3.13. The lowest BCUT2D eigenvalue weighted by Crippen LogP contribution is -2.34. The molecule has 0 spiro atoms. The third-order valence-electron chi connectivity index (χ3n) is 4.72. The Morgan fingerprint density at radius 1 is 1.35 bits per heavy atom. The quantitative estimate of drug-likeness (QED) is 0.937. The summed E-state index contributed by atoms with van der Waals surface area (Å²) >= 11 is 0. The second-order valence-corrected chi connectivity index (χ2v) is 6.29. The van der Waals surface area contributed by atoms with Crippen LogP contribution in [0.1, 0.15) is 47.1 Å². The highest BCUT2D eigenvalue weighted by molar-refractivity contribution is 5.92. The highest BCUT2D eigenvalue weighted by atomic mass is 16.1. The number of amides is 1. The van der Waals surface area contributed by atoms with Gasteiger partial charge in [0.25, 0.3) is 5.91 Å². The van der Waals surface area contributed by atoms with Crippen LogP contribution in [0.4, 0.5) is 0 Å². The summed E-state index contributed by atoms with van der Waals surface area (Å²) in [5.74, 6) is -0.0339. The molecule has 1 saturated heterocycles. The summed E-state index contributed by atoms with van der Waals surface area (Å²) in [5, 5.41) is 6.98. The van der Waals surface area contributed by atoms with E-state index < -0.39 is 0 Å². The van der Waals surface area contributed by atoms with E-state index in [0.717, 1.165) is 25.2 Å². The number of hydrogen-bond acceptors (Lipinski definition) is 3. The molecule has 23 heavy (non-hydrogen) atoms. The van der Waals surface area contributed by atoms with Gasteiger partial charge in [-0.25, -0.2) is 0 Å². The van der Waals surface area contributed by atoms with Crippen molar-refractivity contribution in [1.82, 2.24) is 24.6 Å². The molecule has 1 aliphatic heterocycles. The van der Waals surface area contributed by atoms with Crippen molar-refractivity contribution in [2.45, 2.75) is 31.8 Å². The number of likely N-dealkylation sites (tertiary alicyclic amines) is 1. The van der Waals surface area contributed by atoms with Crippen LogP contribution in [-0.4, -0.2) is 38.7 Å². The van der Waals surface area contributed by atoms with Gasteiger partial charge in [0.1, 0.15) is 5.69 Å². The molecule has 0 aliphatic carbocycles. The van der Waals surface area contributed by atoms with Crippen LogP contribution in [0.2, 0.25) is 0 Å². The Bertz CT molecular complexity index is 687. The van der Waals surface area contributed by atoms with Crippen LogP contribution in [0.3, 0.4) is 0 Å². The second-order valence-electron chi connectivity index (χ2n) is 6.29. The number of nitrogens with zero attached hydrogens (tertiary/aromatic N) is 4. The zero-order valence-corrected chi connectivity index (χ0v) is 14.1. The van der Waals surface area contributed by atoms with Crippen LogP contribution in [0.25, 0.3) is 0 Å². The molecule has 3 heterocycles. The monoisotopic (exact) mass is 315 g/mol. The van der Waals surface area contributed by atoms with Gasteiger partial charge in [0.05, 0.1) is 12.2 Å². The number of piperidine rings is 1. The van der Waals surface area contributed by atoms with Gasteiger partial charge in [0, 0.05) is 45.1 Å². The topological polar surface area (TPSA) is 55.1 Å². The molecule has 1 N–H and O–H groups in total. The molecular formula is C17H25N5O. The van der Waals surface area contributed by atoms with Gasteiger partial charge >= 0.3 is 0 Å². The minimum atomic E-state index is -0.0339. The Morgan fingerprint density at radius 2 is 2.17 bits per heavy atom. The third kappa shape index (κ3) is 3.17. The van der Waals surface area contributed by atoms with E-state index in [1.165, 1.54) is 24.1 Å². The first kappa shape index (κ1) is 15.8. The number of carbonyl (C=O) groups is 1. The molecule has 1 aliphatic rings. The van der Waals surface area contributed by atoms with Crippen molar-refractivity contribution in [3.8, 4) is 0 Å². The molecule has 6 heteroatoms. The molecule has 2 aromatic heterocycles. The molecule has 2 aromatic rings. The maximum atomic E-state index is 11.9. The predicted molar refractivity (Wildman–Crippen MR) is 89.0 cm³/mol. The summed E-state index contributed by atoms with van der Waals surface area (Å²) in [6.45, 7) is 1.99. The summed E-state index contributed by atoms with van der Waals surface area (Å²) in [5.41, 5.74) is 3.17.